The number of hydrogen-bond acceptors (Lipinski definition) is 8. The molecule has 196 valence electrons. The van der Waals surface area contributed by atoms with Crippen molar-refractivity contribution in [1.82, 2.24) is 25.3 Å². The Morgan fingerprint density at radius 2 is 2.03 bits per heavy atom. The van der Waals surface area contributed by atoms with Crippen LogP contribution >= 0.6 is 0 Å². The molecule has 0 unspecified atom stereocenters. The van der Waals surface area contributed by atoms with Gasteiger partial charge in [-0.2, -0.15) is 0 Å². The zero-order chi connectivity index (χ0) is 25.9. The predicted octanol–water partition coefficient (Wildman–Crippen LogP) is 2.54. The molecule has 2 fully saturated rings. The summed E-state index contributed by atoms with van der Waals surface area (Å²) in [5.41, 5.74) is 7.91. The van der Waals surface area contributed by atoms with Crippen LogP contribution in [0.15, 0.2) is 30.5 Å². The topological polar surface area (TPSA) is 128 Å². The third-order valence-electron chi connectivity index (χ3n) is 7.08. The lowest BCUT2D eigenvalue weighted by molar-refractivity contribution is 0.101. The number of nitrogens with two attached hydrogens (primary N) is 1. The zero-order valence-electron chi connectivity index (χ0n) is 21.3. The van der Waals surface area contributed by atoms with Crippen LogP contribution in [0.3, 0.4) is 0 Å². The summed E-state index contributed by atoms with van der Waals surface area (Å²) in [6.45, 7) is 8.62. The summed E-state index contributed by atoms with van der Waals surface area (Å²) in [7, 11) is 0. The second-order valence-electron chi connectivity index (χ2n) is 9.86. The smallest absolute Gasteiger partial charge is 0.291 e. The van der Waals surface area contributed by atoms with E-state index in [2.05, 4.69) is 42.4 Å². The third-order valence-corrected chi connectivity index (χ3v) is 7.08. The molecular weight excluding hydrogens is 473 g/mol. The number of carbonyl (C=O) groups is 1. The van der Waals surface area contributed by atoms with Gasteiger partial charge in [0.1, 0.15) is 17.5 Å². The number of hydrogen-bond donors (Lipinski definition) is 4. The van der Waals surface area contributed by atoms with Crippen molar-refractivity contribution in [3.8, 4) is 11.4 Å². The summed E-state index contributed by atoms with van der Waals surface area (Å²) in [6.07, 6.45) is 3.38. The van der Waals surface area contributed by atoms with Crippen LogP contribution in [0.2, 0.25) is 0 Å². The molecule has 0 saturated carbocycles. The van der Waals surface area contributed by atoms with Gasteiger partial charge in [-0.25, -0.2) is 19.3 Å². The molecule has 10 nitrogen and oxygen atoms in total. The number of nitrogens with one attached hydrogen (secondary N) is 3. The van der Waals surface area contributed by atoms with Crippen LogP contribution in [0, 0.1) is 18.7 Å². The van der Waals surface area contributed by atoms with Crippen molar-refractivity contribution in [2.75, 3.05) is 54.4 Å². The Morgan fingerprint density at radius 3 is 2.78 bits per heavy atom. The van der Waals surface area contributed by atoms with Gasteiger partial charge in [-0.15, -0.1) is 0 Å². The molecule has 1 aromatic carbocycles. The van der Waals surface area contributed by atoms with Gasteiger partial charge in [0.2, 0.25) is 0 Å². The van der Waals surface area contributed by atoms with E-state index in [-0.39, 0.29) is 11.6 Å². The molecule has 0 bridgehead atoms. The lowest BCUT2D eigenvalue weighted by Gasteiger charge is -2.34. The number of rotatable bonds is 6. The predicted molar refractivity (Wildman–Crippen MR) is 142 cm³/mol. The number of para-hydroxylation sites is 1. The number of benzene rings is 1. The first kappa shape index (κ1) is 25.1. The lowest BCUT2D eigenvalue weighted by Crippen LogP contribution is -2.49. The number of nitrogens with zero attached hydrogens (tertiary/aromatic N) is 5. The molecule has 0 spiro atoms. The minimum Gasteiger partial charge on any atom is -0.367 e. The first-order valence-electron chi connectivity index (χ1n) is 12.9. The number of aromatic nitrogens is 4. The van der Waals surface area contributed by atoms with Crippen LogP contribution in [0.25, 0.3) is 11.4 Å². The van der Waals surface area contributed by atoms with E-state index in [0.717, 1.165) is 38.3 Å². The third kappa shape index (κ3) is 5.57. The molecule has 2 aliphatic heterocycles. The van der Waals surface area contributed by atoms with Crippen LogP contribution in [-0.2, 0) is 0 Å². The van der Waals surface area contributed by atoms with Gasteiger partial charge in [0.25, 0.3) is 5.91 Å². The Labute approximate surface area is 215 Å². The minimum absolute atomic E-state index is 0.126. The van der Waals surface area contributed by atoms with Crippen LogP contribution in [0.1, 0.15) is 36.2 Å². The summed E-state index contributed by atoms with van der Waals surface area (Å²) in [5, 5.41) is 6.28. The summed E-state index contributed by atoms with van der Waals surface area (Å²) >= 11 is 0. The van der Waals surface area contributed by atoms with Gasteiger partial charge in [-0.1, -0.05) is 6.07 Å². The summed E-state index contributed by atoms with van der Waals surface area (Å²) < 4.78 is 14.9. The van der Waals surface area contributed by atoms with Gasteiger partial charge < -0.3 is 31.2 Å². The number of anilines is 3. The van der Waals surface area contributed by atoms with Gasteiger partial charge in [-0.3, -0.25) is 4.79 Å². The Hall–Kier alpha value is -3.57. The summed E-state index contributed by atoms with van der Waals surface area (Å²) in [4.78, 5) is 33.8. The van der Waals surface area contributed by atoms with Crippen LogP contribution < -0.4 is 26.2 Å². The molecule has 1 amide bonds. The highest BCUT2D eigenvalue weighted by Crippen LogP contribution is 2.33. The fourth-order valence-corrected chi connectivity index (χ4v) is 5.07. The van der Waals surface area contributed by atoms with E-state index in [1.165, 1.54) is 6.07 Å². The average Bonchev–Trinajstić information content (AvgIpc) is 3.39. The van der Waals surface area contributed by atoms with Crippen molar-refractivity contribution >= 4 is 23.1 Å². The molecule has 5 N–H and O–H groups in total. The molecule has 4 heterocycles. The molecule has 2 saturated heterocycles. The monoisotopic (exact) mass is 507 g/mol. The second-order valence-corrected chi connectivity index (χ2v) is 9.86. The van der Waals surface area contributed by atoms with Crippen molar-refractivity contribution < 1.29 is 9.18 Å². The standard InChI is InChI=1S/C26H34FN9O/c1-16-15-36(11-8-29-16)23-12-21(31-17(2)32-23)22-14-30-25(33-22)26(37)34-20-5-3-4-19(27)24(20)35-9-6-18(13-28)7-10-35/h3-5,12,14,16,18,29H,6-11,13,15,28H2,1-2H3,(H,30,33)(H,34,37)/t16-/m0/s1. The van der Waals surface area contributed by atoms with E-state index in [1.807, 2.05) is 17.9 Å². The van der Waals surface area contributed by atoms with Gasteiger partial charge in [0.15, 0.2) is 5.82 Å². The molecule has 0 radical (unpaired) electrons. The van der Waals surface area contributed by atoms with Gasteiger partial charge >= 0.3 is 0 Å². The average molecular weight is 508 g/mol. The quantitative estimate of drug-likeness (QED) is 0.401. The number of H-pyrrole nitrogens is 1. The highest BCUT2D eigenvalue weighted by Gasteiger charge is 2.24. The Kier molecular flexibility index (Phi) is 7.33. The fourth-order valence-electron chi connectivity index (χ4n) is 5.07. The number of piperidine rings is 1. The van der Waals surface area contributed by atoms with Crippen LogP contribution in [0.4, 0.5) is 21.6 Å². The van der Waals surface area contributed by atoms with E-state index in [1.54, 1.807) is 18.3 Å². The number of carbonyl (C=O) groups excluding carboxylic acids is 1. The van der Waals surface area contributed by atoms with Crippen molar-refractivity contribution in [1.29, 1.82) is 0 Å². The highest BCUT2D eigenvalue weighted by molar-refractivity contribution is 6.04. The Bertz CT molecular complexity index is 1250. The molecule has 3 aromatic rings. The lowest BCUT2D eigenvalue weighted by atomic mass is 9.96. The SMILES string of the molecule is Cc1nc(-c2cnc(C(=O)Nc3cccc(F)c3N3CCC(CN)CC3)[nH]2)cc(N2CCN[C@@H](C)C2)n1. The first-order valence-corrected chi connectivity index (χ1v) is 12.9. The van der Waals surface area contributed by atoms with E-state index in [9.17, 15) is 9.18 Å². The van der Waals surface area contributed by atoms with E-state index < -0.39 is 5.91 Å². The van der Waals surface area contributed by atoms with E-state index in [4.69, 9.17) is 5.73 Å². The molecule has 5 rings (SSSR count). The number of halogens is 1. The number of aryl methyl sites for hydroxylation is 1. The number of imidazole rings is 1. The summed E-state index contributed by atoms with van der Waals surface area (Å²) in [5.74, 6) is 1.25. The van der Waals surface area contributed by atoms with E-state index >= 15 is 0 Å². The van der Waals surface area contributed by atoms with Crippen molar-refractivity contribution in [3.05, 3.63) is 47.9 Å². The number of piperazine rings is 1. The maximum Gasteiger partial charge on any atom is 0.291 e. The number of aromatic amines is 1. The van der Waals surface area contributed by atoms with Crippen molar-refractivity contribution in [2.45, 2.75) is 32.7 Å². The van der Waals surface area contributed by atoms with Gasteiger partial charge in [0.05, 0.1) is 29.0 Å². The van der Waals surface area contributed by atoms with Crippen LogP contribution in [0.5, 0.6) is 0 Å². The van der Waals surface area contributed by atoms with Crippen LogP contribution in [-0.4, -0.2) is 71.2 Å². The highest BCUT2D eigenvalue weighted by atomic mass is 19.1. The normalized spacial score (nSPS) is 18.8. The van der Waals surface area contributed by atoms with Crippen molar-refractivity contribution in [2.24, 2.45) is 11.7 Å². The Balaban J connectivity index is 1.34. The molecule has 37 heavy (non-hydrogen) atoms. The summed E-state index contributed by atoms with van der Waals surface area (Å²) in [6, 6.07) is 7.00. The maximum absolute atomic E-state index is 14.9. The molecular formula is C26H34FN9O. The van der Waals surface area contributed by atoms with Crippen molar-refractivity contribution in [3.63, 3.8) is 0 Å². The van der Waals surface area contributed by atoms with Gasteiger partial charge in [0, 0.05) is 44.8 Å². The van der Waals surface area contributed by atoms with Gasteiger partial charge in [-0.05, 0) is 51.3 Å². The minimum atomic E-state index is -0.447. The largest absolute Gasteiger partial charge is 0.367 e. The first-order chi connectivity index (χ1) is 17.9. The fraction of sp³-hybridized carbons (Fsp3) is 0.462. The Morgan fingerprint density at radius 1 is 1.22 bits per heavy atom. The second kappa shape index (κ2) is 10.8. The zero-order valence-corrected chi connectivity index (χ0v) is 21.3. The molecule has 1 atom stereocenters. The van der Waals surface area contributed by atoms with E-state index in [0.29, 0.717) is 60.2 Å². The maximum atomic E-state index is 14.9. The molecule has 0 aliphatic carbocycles. The molecule has 2 aromatic heterocycles. The molecule has 11 heteroatoms. The molecule has 2 aliphatic rings. The number of amides is 1.